The third-order valence-corrected chi connectivity index (χ3v) is 4.75. The van der Waals surface area contributed by atoms with Crippen molar-refractivity contribution in [3.8, 4) is 0 Å². The van der Waals surface area contributed by atoms with Gasteiger partial charge in [0.15, 0.2) is 0 Å². The van der Waals surface area contributed by atoms with E-state index in [1.807, 2.05) is 0 Å². The van der Waals surface area contributed by atoms with E-state index in [4.69, 9.17) is 0 Å². The van der Waals surface area contributed by atoms with Gasteiger partial charge in [-0.15, -0.1) is 0 Å². The Morgan fingerprint density at radius 1 is 1.15 bits per heavy atom. The Morgan fingerprint density at radius 3 is 2.65 bits per heavy atom. The molecule has 0 radical (unpaired) electrons. The van der Waals surface area contributed by atoms with Crippen LogP contribution in [0.5, 0.6) is 0 Å². The summed E-state index contributed by atoms with van der Waals surface area (Å²) < 4.78 is 24.4. The summed E-state index contributed by atoms with van der Waals surface area (Å²) in [5.74, 6) is 0. The molecule has 20 heavy (non-hydrogen) atoms. The second-order valence-electron chi connectivity index (χ2n) is 5.71. The second kappa shape index (κ2) is 8.60. The van der Waals surface area contributed by atoms with Crippen LogP contribution in [0.4, 0.5) is 0 Å². The Hall–Kier alpha value is -0.650. The van der Waals surface area contributed by atoms with Gasteiger partial charge in [-0.3, -0.25) is 0 Å². The minimum Gasteiger partial charge on any atom is -0.312 e. The van der Waals surface area contributed by atoms with E-state index < -0.39 is 10.9 Å². The molecule has 1 saturated carbocycles. The Labute approximate surface area is 123 Å². The van der Waals surface area contributed by atoms with Crippen molar-refractivity contribution in [3.05, 3.63) is 23.8 Å². The van der Waals surface area contributed by atoms with Gasteiger partial charge in [-0.1, -0.05) is 36.6 Å². The lowest BCUT2D eigenvalue weighted by Gasteiger charge is -2.31. The summed E-state index contributed by atoms with van der Waals surface area (Å²) in [4.78, 5) is 0. The molecular weight excluding hydrogens is 272 g/mol. The molecule has 114 valence electrons. The van der Waals surface area contributed by atoms with E-state index in [9.17, 15) is 8.42 Å². The fourth-order valence-corrected chi connectivity index (χ4v) is 3.70. The van der Waals surface area contributed by atoms with E-state index >= 15 is 0 Å². The molecule has 0 bridgehead atoms. The van der Waals surface area contributed by atoms with Crippen LogP contribution in [0.15, 0.2) is 23.8 Å². The van der Waals surface area contributed by atoms with Crippen LogP contribution in [-0.2, 0) is 10.9 Å². The quantitative estimate of drug-likeness (QED) is 0.383. The predicted octanol–water partition coefficient (Wildman–Crippen LogP) is 2.06. The molecular formula is C15H26N2O2S. The average molecular weight is 298 g/mol. The number of rotatable bonds is 7. The number of hydrogen-bond acceptors (Lipinski definition) is 3. The van der Waals surface area contributed by atoms with E-state index in [0.29, 0.717) is 6.04 Å². The van der Waals surface area contributed by atoms with E-state index in [2.05, 4.69) is 28.3 Å². The Kier molecular flexibility index (Phi) is 6.76. The zero-order valence-corrected chi connectivity index (χ0v) is 12.9. The normalized spacial score (nSPS) is 26.8. The number of thiol groups is 1. The minimum atomic E-state index is -2.49. The zero-order valence-electron chi connectivity index (χ0n) is 12.0. The first kappa shape index (κ1) is 15.7. The van der Waals surface area contributed by atoms with Crippen molar-refractivity contribution in [2.45, 2.75) is 63.5 Å². The van der Waals surface area contributed by atoms with E-state index in [1.165, 1.54) is 12.0 Å². The molecule has 2 N–H and O–H groups in total. The molecule has 0 heterocycles. The van der Waals surface area contributed by atoms with Crippen LogP contribution in [0.1, 0.15) is 51.4 Å². The molecule has 0 amide bonds. The maximum atomic E-state index is 10.8. The van der Waals surface area contributed by atoms with Gasteiger partial charge in [0.2, 0.25) is 10.9 Å². The van der Waals surface area contributed by atoms with Crippen LogP contribution in [0.2, 0.25) is 0 Å². The number of allylic oxidation sites excluding steroid dienone is 4. The van der Waals surface area contributed by atoms with Crippen molar-refractivity contribution in [1.82, 2.24) is 10.0 Å². The second-order valence-corrected chi connectivity index (χ2v) is 6.49. The van der Waals surface area contributed by atoms with Gasteiger partial charge in [0.1, 0.15) is 0 Å². The lowest BCUT2D eigenvalue weighted by Crippen LogP contribution is -2.49. The van der Waals surface area contributed by atoms with Crippen molar-refractivity contribution < 1.29 is 8.42 Å². The molecule has 2 aliphatic rings. The monoisotopic (exact) mass is 298 g/mol. The minimum absolute atomic E-state index is 0.0849. The van der Waals surface area contributed by atoms with E-state index in [1.54, 1.807) is 0 Å². The highest BCUT2D eigenvalue weighted by molar-refractivity contribution is 7.70. The maximum Gasteiger partial charge on any atom is 0.201 e. The van der Waals surface area contributed by atoms with Crippen LogP contribution < -0.4 is 10.0 Å². The van der Waals surface area contributed by atoms with Crippen LogP contribution >= 0.6 is 0 Å². The number of nitrogens with one attached hydrogen (secondary N) is 2. The first-order chi connectivity index (χ1) is 9.75. The summed E-state index contributed by atoms with van der Waals surface area (Å²) in [5, 5.41) is 3.54. The number of hydrogen-bond donors (Lipinski definition) is 3. The molecule has 0 aliphatic heterocycles. The van der Waals surface area contributed by atoms with Gasteiger partial charge < -0.3 is 5.32 Å². The average Bonchev–Trinajstić information content (AvgIpc) is 2.46. The van der Waals surface area contributed by atoms with Crippen LogP contribution in [-0.4, -0.2) is 27.0 Å². The van der Waals surface area contributed by atoms with Crippen LogP contribution in [0, 0.1) is 0 Å². The fraction of sp³-hybridized carbons (Fsp3) is 0.733. The molecule has 2 unspecified atom stereocenters. The molecule has 5 heteroatoms. The third-order valence-electron chi connectivity index (χ3n) is 4.21. The lowest BCUT2D eigenvalue weighted by atomic mass is 9.91. The maximum absolute atomic E-state index is 10.8. The molecule has 0 aromatic heterocycles. The molecule has 0 saturated heterocycles. The van der Waals surface area contributed by atoms with Crippen molar-refractivity contribution in [3.63, 3.8) is 0 Å². The first-order valence-corrected chi connectivity index (χ1v) is 8.90. The molecule has 1 fully saturated rings. The zero-order chi connectivity index (χ0) is 14.2. The Bertz CT molecular complexity index is 422. The van der Waals surface area contributed by atoms with E-state index in [-0.39, 0.29) is 6.04 Å². The smallest absolute Gasteiger partial charge is 0.201 e. The van der Waals surface area contributed by atoms with Crippen molar-refractivity contribution in [2.75, 3.05) is 6.54 Å². The summed E-state index contributed by atoms with van der Waals surface area (Å²) in [6.07, 6.45) is 15.6. The standard InChI is InChI=1S/C15H26N2O2S/c18-20(19)17-15-11-5-4-10-14(15)16-12-6-9-13-7-2-1-3-8-13/h1-2,8,14-16,20H,3-7,9-12H2,(H,17,18,19). The third kappa shape index (κ3) is 5.38. The highest BCUT2D eigenvalue weighted by Crippen LogP contribution is 2.19. The highest BCUT2D eigenvalue weighted by atomic mass is 32.2. The largest absolute Gasteiger partial charge is 0.312 e. The molecule has 0 aromatic carbocycles. The molecule has 0 spiro atoms. The van der Waals surface area contributed by atoms with Gasteiger partial charge in [0.05, 0.1) is 0 Å². The fourth-order valence-electron chi connectivity index (χ4n) is 3.12. The van der Waals surface area contributed by atoms with Crippen LogP contribution in [0.3, 0.4) is 0 Å². The van der Waals surface area contributed by atoms with Gasteiger partial charge in [-0.05, 0) is 45.1 Å². The molecule has 2 atom stereocenters. The summed E-state index contributed by atoms with van der Waals surface area (Å²) in [7, 11) is -2.49. The molecule has 2 aliphatic carbocycles. The van der Waals surface area contributed by atoms with Crippen molar-refractivity contribution in [1.29, 1.82) is 0 Å². The summed E-state index contributed by atoms with van der Waals surface area (Å²) >= 11 is 0. The van der Waals surface area contributed by atoms with Gasteiger partial charge in [-0.2, -0.15) is 0 Å². The SMILES string of the molecule is O=[SH](=O)NC1CCCCC1NCCCC1=CCC=CC1. The lowest BCUT2D eigenvalue weighted by molar-refractivity contribution is 0.311. The van der Waals surface area contributed by atoms with E-state index in [0.717, 1.165) is 51.5 Å². The first-order valence-electron chi connectivity index (χ1n) is 7.72. The Morgan fingerprint density at radius 2 is 1.95 bits per heavy atom. The summed E-state index contributed by atoms with van der Waals surface area (Å²) in [6, 6.07) is 0.388. The molecule has 4 nitrogen and oxygen atoms in total. The summed E-state index contributed by atoms with van der Waals surface area (Å²) in [5.41, 5.74) is 1.54. The molecule has 0 aromatic rings. The highest BCUT2D eigenvalue weighted by Gasteiger charge is 2.24. The molecule has 2 rings (SSSR count). The topological polar surface area (TPSA) is 58.2 Å². The Balaban J connectivity index is 1.67. The van der Waals surface area contributed by atoms with Gasteiger partial charge in [-0.25, -0.2) is 13.1 Å². The van der Waals surface area contributed by atoms with Crippen molar-refractivity contribution in [2.24, 2.45) is 0 Å². The van der Waals surface area contributed by atoms with Gasteiger partial charge in [0, 0.05) is 12.1 Å². The predicted molar refractivity (Wildman–Crippen MR) is 83.2 cm³/mol. The van der Waals surface area contributed by atoms with Gasteiger partial charge in [0.25, 0.3) is 0 Å². The van der Waals surface area contributed by atoms with Gasteiger partial charge >= 0.3 is 0 Å². The summed E-state index contributed by atoms with van der Waals surface area (Å²) in [6.45, 7) is 0.972. The van der Waals surface area contributed by atoms with Crippen molar-refractivity contribution >= 4 is 10.9 Å². The van der Waals surface area contributed by atoms with Crippen LogP contribution in [0.25, 0.3) is 0 Å².